The Morgan fingerprint density at radius 1 is 1.56 bits per heavy atom. The summed E-state index contributed by atoms with van der Waals surface area (Å²) in [5, 5.41) is 6.28. The highest BCUT2D eigenvalue weighted by Gasteiger charge is 2.24. The second-order valence-corrected chi connectivity index (χ2v) is 3.99. The fourth-order valence-corrected chi connectivity index (χ4v) is 1.57. The van der Waals surface area contributed by atoms with Gasteiger partial charge in [0.15, 0.2) is 0 Å². The number of carbonyl (C=O) groups excluding carboxylic acids is 1. The fourth-order valence-electron chi connectivity index (χ4n) is 1.30. The molecular weight excluding hydrogens is 257 g/mol. The minimum absolute atomic E-state index is 0.0889. The average Bonchev–Trinajstić information content (AvgIpc) is 2.65. The van der Waals surface area contributed by atoms with Gasteiger partial charge in [-0.1, -0.05) is 23.2 Å². The topological polar surface area (TPSA) is 73.2 Å². The van der Waals surface area contributed by atoms with Crippen molar-refractivity contribution in [2.24, 2.45) is 0 Å². The maximum atomic E-state index is 11.6. The first-order chi connectivity index (χ1) is 7.58. The Bertz CT molecular complexity index is 488. The molecule has 1 aromatic heterocycles. The second-order valence-electron chi connectivity index (χ2n) is 3.20. The quantitative estimate of drug-likeness (QED) is 0.851. The van der Waals surface area contributed by atoms with E-state index in [0.29, 0.717) is 6.54 Å². The van der Waals surface area contributed by atoms with E-state index in [4.69, 9.17) is 27.9 Å². The zero-order valence-corrected chi connectivity index (χ0v) is 9.46. The summed E-state index contributed by atoms with van der Waals surface area (Å²) in [5.74, 6) is 0. The lowest BCUT2D eigenvalue weighted by Crippen LogP contribution is -2.30. The maximum absolute atomic E-state index is 11.6. The summed E-state index contributed by atoms with van der Waals surface area (Å²) in [6, 6.07) is 0. The molecule has 86 valence electrons. The summed E-state index contributed by atoms with van der Waals surface area (Å²) in [4.78, 5) is 22.3. The Balaban J connectivity index is 2.19. The molecule has 0 bridgehead atoms. The van der Waals surface area contributed by atoms with Crippen molar-refractivity contribution in [3.8, 4) is 0 Å². The van der Waals surface area contributed by atoms with Gasteiger partial charge in [0.2, 0.25) is 0 Å². The average molecular weight is 264 g/mol. The Morgan fingerprint density at radius 3 is 2.94 bits per heavy atom. The van der Waals surface area contributed by atoms with Gasteiger partial charge in [-0.2, -0.15) is 5.10 Å². The van der Waals surface area contributed by atoms with Gasteiger partial charge in [0.1, 0.15) is 11.1 Å². The van der Waals surface area contributed by atoms with Crippen molar-refractivity contribution in [1.29, 1.82) is 0 Å². The zero-order chi connectivity index (χ0) is 11.7. The number of rotatable bonds is 2. The molecule has 0 spiro atoms. The summed E-state index contributed by atoms with van der Waals surface area (Å²) >= 11 is 11.3. The van der Waals surface area contributed by atoms with Crippen LogP contribution in [0, 0.1) is 0 Å². The molecule has 1 saturated heterocycles. The van der Waals surface area contributed by atoms with E-state index in [1.807, 2.05) is 0 Å². The molecule has 8 heteroatoms. The molecule has 0 aromatic carbocycles. The van der Waals surface area contributed by atoms with Crippen LogP contribution in [0.2, 0.25) is 10.0 Å². The Morgan fingerprint density at radius 2 is 2.31 bits per heavy atom. The molecule has 1 N–H and O–H groups in total. The third-order valence-corrected chi connectivity index (χ3v) is 2.82. The summed E-state index contributed by atoms with van der Waals surface area (Å²) in [5.41, 5.74) is -0.503. The Labute approximate surface area is 100 Å². The smallest absolute Gasteiger partial charge is 0.407 e. The summed E-state index contributed by atoms with van der Waals surface area (Å²) in [6.45, 7) is 0.488. The van der Waals surface area contributed by atoms with Crippen molar-refractivity contribution in [1.82, 2.24) is 15.1 Å². The monoisotopic (exact) mass is 263 g/mol. The molecule has 1 amide bonds. The Hall–Kier alpha value is -1.27. The molecule has 0 saturated carbocycles. The van der Waals surface area contributed by atoms with Crippen molar-refractivity contribution in [2.45, 2.75) is 12.6 Å². The largest absolute Gasteiger partial charge is 0.442 e. The molecule has 6 nitrogen and oxygen atoms in total. The van der Waals surface area contributed by atoms with E-state index in [9.17, 15) is 9.59 Å². The first-order valence-corrected chi connectivity index (χ1v) is 5.19. The molecule has 1 fully saturated rings. The molecule has 1 aliphatic rings. The third kappa shape index (κ3) is 2.12. The van der Waals surface area contributed by atoms with Gasteiger partial charge in [0.25, 0.3) is 5.56 Å². The van der Waals surface area contributed by atoms with Crippen LogP contribution in [0.3, 0.4) is 0 Å². The van der Waals surface area contributed by atoms with E-state index in [0.717, 1.165) is 4.68 Å². The van der Waals surface area contributed by atoms with Crippen LogP contribution in [0.1, 0.15) is 0 Å². The van der Waals surface area contributed by atoms with Gasteiger partial charge in [-0.05, 0) is 0 Å². The number of carbonyl (C=O) groups is 1. The summed E-state index contributed by atoms with van der Waals surface area (Å²) in [6.07, 6.45) is 0.350. The lowest BCUT2D eigenvalue weighted by atomic mass is 10.3. The number of halogens is 2. The predicted molar refractivity (Wildman–Crippen MR) is 56.8 cm³/mol. The first-order valence-electron chi connectivity index (χ1n) is 4.43. The van der Waals surface area contributed by atoms with E-state index < -0.39 is 17.8 Å². The van der Waals surface area contributed by atoms with Gasteiger partial charge >= 0.3 is 6.09 Å². The second kappa shape index (κ2) is 4.31. The van der Waals surface area contributed by atoms with Crippen LogP contribution < -0.4 is 10.9 Å². The van der Waals surface area contributed by atoms with Crippen molar-refractivity contribution >= 4 is 29.3 Å². The Kier molecular flexibility index (Phi) is 3.02. The molecule has 16 heavy (non-hydrogen) atoms. The normalized spacial score (nSPS) is 19.4. The van der Waals surface area contributed by atoms with Gasteiger partial charge in [0.05, 0.1) is 24.3 Å². The van der Waals surface area contributed by atoms with E-state index in [-0.39, 0.29) is 16.6 Å². The first kappa shape index (κ1) is 11.2. The van der Waals surface area contributed by atoms with Gasteiger partial charge in [-0.3, -0.25) is 4.79 Å². The molecule has 0 radical (unpaired) electrons. The van der Waals surface area contributed by atoms with Crippen molar-refractivity contribution in [3.63, 3.8) is 0 Å². The lowest BCUT2D eigenvalue weighted by molar-refractivity contribution is 0.127. The van der Waals surface area contributed by atoms with Crippen LogP contribution in [-0.4, -0.2) is 28.5 Å². The predicted octanol–water partition coefficient (Wildman–Crippen LogP) is 0.658. The van der Waals surface area contributed by atoms with Crippen LogP contribution >= 0.6 is 23.2 Å². The number of cyclic esters (lactones) is 1. The number of hydrogen-bond donors (Lipinski definition) is 1. The van der Waals surface area contributed by atoms with Crippen LogP contribution in [0.15, 0.2) is 11.0 Å². The molecule has 1 unspecified atom stereocenters. The molecule has 2 rings (SSSR count). The number of alkyl carbamates (subject to hydrolysis) is 1. The number of nitrogens with zero attached hydrogens (tertiary/aromatic N) is 2. The van der Waals surface area contributed by atoms with Gasteiger partial charge in [0, 0.05) is 0 Å². The molecule has 1 aliphatic heterocycles. The van der Waals surface area contributed by atoms with Gasteiger partial charge < -0.3 is 10.1 Å². The number of amides is 1. The number of ether oxygens (including phenoxy) is 1. The summed E-state index contributed by atoms with van der Waals surface area (Å²) < 4.78 is 5.97. The van der Waals surface area contributed by atoms with E-state index >= 15 is 0 Å². The molecule has 0 aliphatic carbocycles. The van der Waals surface area contributed by atoms with Gasteiger partial charge in [-0.25, -0.2) is 9.48 Å². The minimum Gasteiger partial charge on any atom is -0.442 e. The van der Waals surface area contributed by atoms with Gasteiger partial charge in [-0.15, -0.1) is 0 Å². The lowest BCUT2D eigenvalue weighted by Gasteiger charge is -2.09. The molecule has 1 atom stereocenters. The van der Waals surface area contributed by atoms with Crippen LogP contribution in [-0.2, 0) is 11.3 Å². The summed E-state index contributed by atoms with van der Waals surface area (Å²) in [7, 11) is 0. The molecule has 2 heterocycles. The van der Waals surface area contributed by atoms with E-state index in [1.165, 1.54) is 6.20 Å². The molecular formula is C8H7Cl2N3O3. The number of aromatic nitrogens is 2. The van der Waals surface area contributed by atoms with Crippen molar-refractivity contribution in [3.05, 3.63) is 26.6 Å². The zero-order valence-electron chi connectivity index (χ0n) is 7.94. The number of hydrogen-bond acceptors (Lipinski definition) is 4. The minimum atomic E-state index is -0.503. The number of nitrogens with one attached hydrogen (secondary N) is 1. The van der Waals surface area contributed by atoms with Crippen LogP contribution in [0.4, 0.5) is 4.79 Å². The van der Waals surface area contributed by atoms with Crippen LogP contribution in [0.25, 0.3) is 0 Å². The SMILES string of the molecule is O=C1NCC(Cn2ncc(Cl)c(Cl)c2=O)O1. The fraction of sp³-hybridized carbons (Fsp3) is 0.375. The maximum Gasteiger partial charge on any atom is 0.407 e. The van der Waals surface area contributed by atoms with Crippen molar-refractivity contribution in [2.75, 3.05) is 6.54 Å². The van der Waals surface area contributed by atoms with E-state index in [1.54, 1.807) is 0 Å². The third-order valence-electron chi connectivity index (χ3n) is 2.07. The highest BCUT2D eigenvalue weighted by molar-refractivity contribution is 6.41. The highest BCUT2D eigenvalue weighted by atomic mass is 35.5. The van der Waals surface area contributed by atoms with E-state index in [2.05, 4.69) is 10.4 Å². The standard InChI is InChI=1S/C8H7Cl2N3O3/c9-5-2-12-13(7(14)6(5)10)3-4-1-11-8(15)16-4/h2,4H,1,3H2,(H,11,15). The van der Waals surface area contributed by atoms with Crippen molar-refractivity contribution < 1.29 is 9.53 Å². The highest BCUT2D eigenvalue weighted by Crippen LogP contribution is 2.14. The van der Waals surface area contributed by atoms with Crippen LogP contribution in [0.5, 0.6) is 0 Å². The molecule has 1 aromatic rings.